The van der Waals surface area contributed by atoms with Crippen molar-refractivity contribution in [3.05, 3.63) is 0 Å². The fourth-order valence-corrected chi connectivity index (χ4v) is 1.58. The normalized spacial score (nSPS) is 20.3. The lowest BCUT2D eigenvalue weighted by atomic mass is 9.85. The molecule has 0 unspecified atom stereocenters. The van der Waals surface area contributed by atoms with Crippen molar-refractivity contribution >= 4 is 5.97 Å². The van der Waals surface area contributed by atoms with Gasteiger partial charge in [0, 0.05) is 0 Å². The number of hydrogen-bond acceptors (Lipinski definition) is 3. The zero-order chi connectivity index (χ0) is 9.73. The van der Waals surface area contributed by atoms with E-state index in [2.05, 4.69) is 5.92 Å². The second-order valence-electron chi connectivity index (χ2n) is 3.37. The largest absolute Gasteiger partial charge is 0.450 e. The fourth-order valence-electron chi connectivity index (χ4n) is 1.58. The maximum Gasteiger partial charge on any atom is 0.339 e. The molecule has 0 saturated heterocycles. The molecule has 0 aromatic carbocycles. The van der Waals surface area contributed by atoms with E-state index in [1.54, 1.807) is 0 Å². The highest BCUT2D eigenvalue weighted by atomic mass is 16.5. The molecule has 1 fully saturated rings. The van der Waals surface area contributed by atoms with Crippen LogP contribution in [0.1, 0.15) is 32.1 Å². The average molecular weight is 182 g/mol. The molecule has 0 bridgehead atoms. The van der Waals surface area contributed by atoms with Gasteiger partial charge in [0.1, 0.15) is 0 Å². The van der Waals surface area contributed by atoms with Gasteiger partial charge in [0.2, 0.25) is 0 Å². The third kappa shape index (κ3) is 2.46. The van der Waals surface area contributed by atoms with Gasteiger partial charge in [-0.2, -0.15) is 0 Å². The van der Waals surface area contributed by atoms with Gasteiger partial charge < -0.3 is 9.84 Å². The number of carbonyl (C=O) groups excluding carboxylic acids is 1. The van der Waals surface area contributed by atoms with Crippen LogP contribution < -0.4 is 0 Å². The molecule has 0 heterocycles. The van der Waals surface area contributed by atoms with E-state index >= 15 is 0 Å². The van der Waals surface area contributed by atoms with E-state index in [-0.39, 0.29) is 6.61 Å². The quantitative estimate of drug-likeness (QED) is 0.509. The first-order valence-corrected chi connectivity index (χ1v) is 4.52. The van der Waals surface area contributed by atoms with Crippen LogP contribution in [0.25, 0.3) is 0 Å². The van der Waals surface area contributed by atoms with Crippen LogP contribution in [0.2, 0.25) is 0 Å². The molecule has 0 atom stereocenters. The number of hydrogen-bond donors (Lipinski definition) is 1. The average Bonchev–Trinajstić information content (AvgIpc) is 2.15. The minimum absolute atomic E-state index is 0.0544. The van der Waals surface area contributed by atoms with Gasteiger partial charge in [0.05, 0.1) is 0 Å². The van der Waals surface area contributed by atoms with E-state index < -0.39 is 11.6 Å². The molecule has 0 aromatic heterocycles. The number of carbonyl (C=O) groups is 1. The van der Waals surface area contributed by atoms with E-state index in [0.29, 0.717) is 12.8 Å². The summed E-state index contributed by atoms with van der Waals surface area (Å²) in [6, 6.07) is 0. The Morgan fingerprint density at radius 3 is 2.62 bits per heavy atom. The van der Waals surface area contributed by atoms with Gasteiger partial charge in [-0.25, -0.2) is 4.79 Å². The van der Waals surface area contributed by atoms with Crippen LogP contribution in [-0.2, 0) is 9.53 Å². The molecule has 0 radical (unpaired) electrons. The maximum absolute atomic E-state index is 11.3. The first kappa shape index (κ1) is 10.1. The summed E-state index contributed by atoms with van der Waals surface area (Å²) in [5.41, 5.74) is -1.27. The van der Waals surface area contributed by atoms with Crippen molar-refractivity contribution in [2.45, 2.75) is 37.7 Å². The van der Waals surface area contributed by atoms with Gasteiger partial charge in [0.15, 0.2) is 12.2 Å². The molecular weight excluding hydrogens is 168 g/mol. The molecule has 0 aromatic rings. The summed E-state index contributed by atoms with van der Waals surface area (Å²) < 4.78 is 4.71. The number of esters is 1. The van der Waals surface area contributed by atoms with Gasteiger partial charge in [-0.05, 0) is 25.7 Å². The monoisotopic (exact) mass is 182 g/mol. The van der Waals surface area contributed by atoms with Crippen molar-refractivity contribution in [2.24, 2.45) is 0 Å². The highest BCUT2D eigenvalue weighted by molar-refractivity contribution is 5.79. The standard InChI is InChI=1S/C10H14O3/c1-2-8-13-9(11)10(12)6-4-3-5-7-10/h1,12H,3-8H2. The van der Waals surface area contributed by atoms with E-state index in [1.165, 1.54) is 0 Å². The smallest absolute Gasteiger partial charge is 0.339 e. The Morgan fingerprint density at radius 1 is 1.46 bits per heavy atom. The Bertz CT molecular complexity index is 221. The number of ether oxygens (including phenoxy) is 1. The summed E-state index contributed by atoms with van der Waals surface area (Å²) in [5, 5.41) is 9.82. The third-order valence-electron chi connectivity index (χ3n) is 2.35. The predicted octanol–water partition coefficient (Wildman–Crippen LogP) is 0.858. The second kappa shape index (κ2) is 4.29. The molecule has 13 heavy (non-hydrogen) atoms. The van der Waals surface area contributed by atoms with Gasteiger partial charge in [-0.15, -0.1) is 6.42 Å². The van der Waals surface area contributed by atoms with E-state index in [4.69, 9.17) is 11.2 Å². The first-order valence-electron chi connectivity index (χ1n) is 4.52. The zero-order valence-corrected chi connectivity index (χ0v) is 7.58. The molecule has 1 aliphatic rings. The van der Waals surface area contributed by atoms with E-state index in [0.717, 1.165) is 19.3 Å². The SMILES string of the molecule is C#CCOC(=O)C1(O)CCCCC1. The summed E-state index contributed by atoms with van der Waals surface area (Å²) in [7, 11) is 0. The second-order valence-corrected chi connectivity index (χ2v) is 3.37. The molecule has 0 spiro atoms. The molecule has 1 aliphatic carbocycles. The molecule has 72 valence electrons. The molecule has 3 heteroatoms. The highest BCUT2D eigenvalue weighted by Crippen LogP contribution is 2.28. The lowest BCUT2D eigenvalue weighted by Gasteiger charge is -2.29. The Kier molecular flexibility index (Phi) is 3.32. The van der Waals surface area contributed by atoms with Crippen LogP contribution in [0.3, 0.4) is 0 Å². The first-order chi connectivity index (χ1) is 6.19. The Hall–Kier alpha value is -1.01. The number of aliphatic hydroxyl groups is 1. The topological polar surface area (TPSA) is 46.5 Å². The predicted molar refractivity (Wildman–Crippen MR) is 47.8 cm³/mol. The maximum atomic E-state index is 11.3. The van der Waals surface area contributed by atoms with E-state index in [9.17, 15) is 9.90 Å². The summed E-state index contributed by atoms with van der Waals surface area (Å²) in [4.78, 5) is 11.3. The minimum Gasteiger partial charge on any atom is -0.450 e. The van der Waals surface area contributed by atoms with Crippen molar-refractivity contribution in [3.63, 3.8) is 0 Å². The van der Waals surface area contributed by atoms with Crippen LogP contribution in [0.5, 0.6) is 0 Å². The molecule has 1 saturated carbocycles. The Balaban J connectivity index is 2.47. The molecule has 1 N–H and O–H groups in total. The zero-order valence-electron chi connectivity index (χ0n) is 7.58. The van der Waals surface area contributed by atoms with Crippen molar-refractivity contribution in [2.75, 3.05) is 6.61 Å². The van der Waals surface area contributed by atoms with Gasteiger partial charge in [-0.3, -0.25) is 0 Å². The minimum atomic E-state index is -1.27. The molecule has 3 nitrogen and oxygen atoms in total. The Labute approximate surface area is 78.1 Å². The van der Waals surface area contributed by atoms with Crippen LogP contribution in [0.15, 0.2) is 0 Å². The van der Waals surface area contributed by atoms with Crippen molar-refractivity contribution in [3.8, 4) is 12.3 Å². The van der Waals surface area contributed by atoms with Crippen molar-refractivity contribution in [1.29, 1.82) is 0 Å². The van der Waals surface area contributed by atoms with Crippen LogP contribution in [0.4, 0.5) is 0 Å². The molecular formula is C10H14O3. The summed E-state index contributed by atoms with van der Waals surface area (Å²) in [5.74, 6) is 1.64. The van der Waals surface area contributed by atoms with Crippen molar-refractivity contribution in [1.82, 2.24) is 0 Å². The van der Waals surface area contributed by atoms with Crippen LogP contribution >= 0.6 is 0 Å². The van der Waals surface area contributed by atoms with E-state index in [1.807, 2.05) is 0 Å². The Morgan fingerprint density at radius 2 is 2.08 bits per heavy atom. The van der Waals surface area contributed by atoms with Crippen LogP contribution in [-0.4, -0.2) is 23.3 Å². The highest BCUT2D eigenvalue weighted by Gasteiger charge is 2.38. The fraction of sp³-hybridized carbons (Fsp3) is 0.700. The number of terminal acetylenes is 1. The summed E-state index contributed by atoms with van der Waals surface area (Å²) >= 11 is 0. The third-order valence-corrected chi connectivity index (χ3v) is 2.35. The van der Waals surface area contributed by atoms with Crippen LogP contribution in [0, 0.1) is 12.3 Å². The molecule has 0 amide bonds. The summed E-state index contributed by atoms with van der Waals surface area (Å²) in [6.45, 7) is -0.0544. The summed E-state index contributed by atoms with van der Waals surface area (Å²) in [6.07, 6.45) is 8.76. The van der Waals surface area contributed by atoms with Gasteiger partial charge in [0.25, 0.3) is 0 Å². The van der Waals surface area contributed by atoms with Crippen molar-refractivity contribution < 1.29 is 14.6 Å². The van der Waals surface area contributed by atoms with Gasteiger partial charge >= 0.3 is 5.97 Å². The number of rotatable bonds is 2. The lowest BCUT2D eigenvalue weighted by molar-refractivity contribution is -0.167. The molecule has 1 rings (SSSR count). The van der Waals surface area contributed by atoms with Gasteiger partial charge in [-0.1, -0.05) is 12.3 Å². The lowest BCUT2D eigenvalue weighted by Crippen LogP contribution is -2.41. The molecule has 0 aliphatic heterocycles.